The lowest BCUT2D eigenvalue weighted by Crippen LogP contribution is -2.30. The van der Waals surface area contributed by atoms with Gasteiger partial charge in [0.25, 0.3) is 0 Å². The molecule has 0 N–H and O–H groups in total. The maximum absolute atomic E-state index is 2.55. The van der Waals surface area contributed by atoms with Crippen LogP contribution in [0.15, 0.2) is 0 Å². The van der Waals surface area contributed by atoms with Crippen LogP contribution in [0.2, 0.25) is 0 Å². The molecule has 9 heavy (non-hydrogen) atoms. The summed E-state index contributed by atoms with van der Waals surface area (Å²) in [6.07, 6.45) is 0. The van der Waals surface area contributed by atoms with Gasteiger partial charge in [0.2, 0.25) is 0 Å². The van der Waals surface area contributed by atoms with E-state index < -0.39 is 0 Å². The average molecular weight is 127 g/mol. The molecule has 0 aromatic heterocycles. The van der Waals surface area contributed by atoms with Crippen molar-refractivity contribution in [2.24, 2.45) is 0 Å². The fourth-order valence-corrected chi connectivity index (χ4v) is 1.71. The van der Waals surface area contributed by atoms with Crippen LogP contribution in [-0.4, -0.2) is 41.8 Å². The maximum Gasteiger partial charge on any atom is 0.155 e. The summed E-state index contributed by atoms with van der Waals surface area (Å²) in [5.41, 5.74) is 0. The van der Waals surface area contributed by atoms with Gasteiger partial charge < -0.3 is 0 Å². The highest BCUT2D eigenvalue weighted by Crippen LogP contribution is 2.38. The quantitative estimate of drug-likeness (QED) is 0.365. The Morgan fingerprint density at radius 2 is 1.89 bits per heavy atom. The van der Waals surface area contributed by atoms with E-state index in [0.29, 0.717) is 0 Å². The van der Waals surface area contributed by atoms with Crippen LogP contribution in [0.4, 0.5) is 0 Å². The summed E-state index contributed by atoms with van der Waals surface area (Å²) in [5, 5.41) is 2.55. The monoisotopic (exact) mass is 127 g/mol. The number of nitrogens with zero attached hydrogens (tertiary/aromatic N) is 2. The van der Waals surface area contributed by atoms with E-state index in [9.17, 15) is 0 Å². The molecule has 2 rings (SSSR count). The van der Waals surface area contributed by atoms with Crippen LogP contribution in [0.5, 0.6) is 0 Å². The summed E-state index contributed by atoms with van der Waals surface area (Å²) >= 11 is 0. The predicted molar refractivity (Wildman–Crippen MR) is 36.7 cm³/mol. The minimum absolute atomic E-state index is 0.861. The van der Waals surface area contributed by atoms with Crippen molar-refractivity contribution in [2.45, 2.75) is 25.9 Å². The van der Waals surface area contributed by atoms with Crippen molar-refractivity contribution in [3.8, 4) is 0 Å². The molecule has 0 aromatic carbocycles. The molecule has 0 aliphatic carbocycles. The molecule has 2 heterocycles. The van der Waals surface area contributed by atoms with E-state index in [1.807, 2.05) is 0 Å². The molecule has 0 amide bonds. The SMILES string of the molecule is CC1CN1[N+]1(C)CC1C. The minimum atomic E-state index is 0.861. The maximum atomic E-state index is 2.55. The first kappa shape index (κ1) is 5.69. The van der Waals surface area contributed by atoms with Crippen LogP contribution in [-0.2, 0) is 0 Å². The fraction of sp³-hybridized carbons (Fsp3) is 1.00. The molecule has 2 fully saturated rings. The zero-order valence-corrected chi connectivity index (χ0v) is 6.46. The molecule has 4 atom stereocenters. The molecule has 52 valence electrons. The van der Waals surface area contributed by atoms with Crippen LogP contribution in [0.3, 0.4) is 0 Å². The Morgan fingerprint density at radius 3 is 2.00 bits per heavy atom. The van der Waals surface area contributed by atoms with Gasteiger partial charge in [0.15, 0.2) is 12.6 Å². The molecule has 2 saturated heterocycles. The Morgan fingerprint density at radius 1 is 1.44 bits per heavy atom. The Bertz CT molecular complexity index is 146. The van der Waals surface area contributed by atoms with Crippen molar-refractivity contribution in [1.29, 1.82) is 0 Å². The van der Waals surface area contributed by atoms with Crippen LogP contribution in [0.1, 0.15) is 13.8 Å². The van der Waals surface area contributed by atoms with E-state index in [2.05, 4.69) is 25.9 Å². The molecule has 0 aromatic rings. The Kier molecular flexibility index (Phi) is 0.837. The molecule has 0 bridgehead atoms. The van der Waals surface area contributed by atoms with Crippen LogP contribution >= 0.6 is 0 Å². The van der Waals surface area contributed by atoms with Gasteiger partial charge in [-0.3, -0.25) is 0 Å². The zero-order valence-electron chi connectivity index (χ0n) is 6.46. The summed E-state index contributed by atoms with van der Waals surface area (Å²) in [5.74, 6) is 0. The van der Waals surface area contributed by atoms with E-state index in [1.165, 1.54) is 17.7 Å². The number of quaternary nitrogens is 1. The van der Waals surface area contributed by atoms with Crippen molar-refractivity contribution in [3.63, 3.8) is 0 Å². The summed E-state index contributed by atoms with van der Waals surface area (Å²) in [4.78, 5) is 0. The third kappa shape index (κ3) is 0.634. The van der Waals surface area contributed by atoms with Gasteiger partial charge in [-0.2, -0.15) is 0 Å². The van der Waals surface area contributed by atoms with Gasteiger partial charge in [-0.25, -0.2) is 4.59 Å². The number of likely N-dealkylation sites (N-methyl/N-ethyl adjacent to an activating group) is 1. The van der Waals surface area contributed by atoms with Gasteiger partial charge in [-0.1, -0.05) is 0 Å². The fourth-order valence-electron chi connectivity index (χ4n) is 1.71. The first-order valence-electron chi connectivity index (χ1n) is 3.77. The number of hydrogen-bond donors (Lipinski definition) is 0. The lowest BCUT2D eigenvalue weighted by molar-refractivity contribution is -0.896. The summed E-state index contributed by atoms with van der Waals surface area (Å²) in [7, 11) is 2.33. The Balaban J connectivity index is 2.00. The largest absolute Gasteiger partial charge is 0.233 e. The van der Waals surface area contributed by atoms with E-state index in [0.717, 1.165) is 12.1 Å². The van der Waals surface area contributed by atoms with Crippen LogP contribution in [0, 0.1) is 0 Å². The van der Waals surface area contributed by atoms with Gasteiger partial charge in [0, 0.05) is 0 Å². The van der Waals surface area contributed by atoms with Crippen molar-refractivity contribution in [1.82, 2.24) is 5.01 Å². The Labute approximate surface area is 56.6 Å². The highest BCUT2D eigenvalue weighted by molar-refractivity contribution is 4.82. The smallest absolute Gasteiger partial charge is 0.155 e. The molecule has 2 nitrogen and oxygen atoms in total. The molecule has 0 radical (unpaired) electrons. The second-order valence-electron chi connectivity index (χ2n) is 3.72. The van der Waals surface area contributed by atoms with Crippen molar-refractivity contribution < 1.29 is 4.59 Å². The van der Waals surface area contributed by atoms with Crippen molar-refractivity contribution >= 4 is 0 Å². The Hall–Kier alpha value is -0.0800. The van der Waals surface area contributed by atoms with Gasteiger partial charge in [0.05, 0.1) is 19.6 Å². The van der Waals surface area contributed by atoms with E-state index in [1.54, 1.807) is 0 Å². The predicted octanol–water partition coefficient (Wildman–Crippen LogP) is 0.454. The topological polar surface area (TPSA) is 3.01 Å². The first-order valence-corrected chi connectivity index (χ1v) is 3.77. The van der Waals surface area contributed by atoms with Gasteiger partial charge in [-0.05, 0) is 13.8 Å². The highest BCUT2D eigenvalue weighted by Gasteiger charge is 2.60. The third-order valence-electron chi connectivity index (χ3n) is 2.86. The van der Waals surface area contributed by atoms with Crippen LogP contribution in [0.25, 0.3) is 0 Å². The molecular weight excluding hydrogens is 112 g/mol. The van der Waals surface area contributed by atoms with E-state index in [4.69, 9.17) is 0 Å². The molecule has 2 aliphatic heterocycles. The highest BCUT2D eigenvalue weighted by atomic mass is 15.9. The second-order valence-corrected chi connectivity index (χ2v) is 3.72. The van der Waals surface area contributed by atoms with E-state index in [-0.39, 0.29) is 0 Å². The summed E-state index contributed by atoms with van der Waals surface area (Å²) in [6, 6.07) is 1.76. The minimum Gasteiger partial charge on any atom is -0.233 e. The lowest BCUT2D eigenvalue weighted by atomic mass is 10.6. The molecule has 2 heteroatoms. The average Bonchev–Trinajstić information content (AvgIpc) is 2.55. The summed E-state index contributed by atoms with van der Waals surface area (Å²) < 4.78 is 1.22. The standard InChI is InChI=1S/C7H15N2/c1-6-4-8(6)9(3)5-7(9)2/h6-7H,4-5H2,1-3H3/q+1. The lowest BCUT2D eigenvalue weighted by Gasteiger charge is -2.13. The van der Waals surface area contributed by atoms with Gasteiger partial charge >= 0.3 is 0 Å². The van der Waals surface area contributed by atoms with Crippen LogP contribution < -0.4 is 0 Å². The summed E-state index contributed by atoms with van der Waals surface area (Å²) in [6.45, 7) is 7.31. The van der Waals surface area contributed by atoms with Gasteiger partial charge in [0.1, 0.15) is 0 Å². The zero-order chi connectivity index (χ0) is 6.65. The molecule has 0 spiro atoms. The molecular formula is C7H15N2+. The third-order valence-corrected chi connectivity index (χ3v) is 2.86. The van der Waals surface area contributed by atoms with Crippen molar-refractivity contribution in [3.05, 3.63) is 0 Å². The molecule has 0 saturated carbocycles. The first-order chi connectivity index (χ1) is 4.14. The van der Waals surface area contributed by atoms with Crippen molar-refractivity contribution in [2.75, 3.05) is 20.1 Å². The second kappa shape index (κ2) is 1.32. The number of rotatable bonds is 1. The normalized spacial score (nSPS) is 63.7. The molecule has 4 unspecified atom stereocenters. The van der Waals surface area contributed by atoms with Gasteiger partial charge in [-0.15, -0.1) is 5.01 Å². The molecule has 2 aliphatic rings. The van der Waals surface area contributed by atoms with E-state index >= 15 is 0 Å². The number of hydrogen-bond acceptors (Lipinski definition) is 1.